The Morgan fingerprint density at radius 1 is 1.50 bits per heavy atom. The molecule has 0 fully saturated rings. The highest BCUT2D eigenvalue weighted by Crippen LogP contribution is 2.23. The summed E-state index contributed by atoms with van der Waals surface area (Å²) in [4.78, 5) is 15.7. The third kappa shape index (κ3) is 2.39. The lowest BCUT2D eigenvalue weighted by Crippen LogP contribution is -2.10. The van der Waals surface area contributed by atoms with Gasteiger partial charge in [0, 0.05) is 17.3 Å². The summed E-state index contributed by atoms with van der Waals surface area (Å²) < 4.78 is 0. The van der Waals surface area contributed by atoms with Gasteiger partial charge in [-0.05, 0) is 12.1 Å². The van der Waals surface area contributed by atoms with Gasteiger partial charge in [0.05, 0.1) is 4.91 Å². The molecule has 0 aliphatic heterocycles. The Morgan fingerprint density at radius 3 is 2.58 bits per heavy atom. The number of rotatable bonds is 3. The standard InChI is InChI=1S/C8H8N2OS/c1-6(8(9)11)12-7-2-4-10-5-3-7/h2-5H,1H2,(H2,9,11). The molecule has 0 atom stereocenters. The first-order valence-corrected chi connectivity index (χ1v) is 4.08. The lowest BCUT2D eigenvalue weighted by Gasteiger charge is -1.98. The minimum atomic E-state index is -0.489. The van der Waals surface area contributed by atoms with Crippen molar-refractivity contribution in [1.29, 1.82) is 0 Å². The number of amides is 1. The van der Waals surface area contributed by atoms with Crippen molar-refractivity contribution in [3.8, 4) is 0 Å². The van der Waals surface area contributed by atoms with Gasteiger partial charge in [-0.25, -0.2) is 0 Å². The molecule has 1 amide bonds. The SMILES string of the molecule is C=C(Sc1ccncc1)C(N)=O. The fourth-order valence-electron chi connectivity index (χ4n) is 0.599. The summed E-state index contributed by atoms with van der Waals surface area (Å²) in [5.74, 6) is -0.489. The number of thioether (sulfide) groups is 1. The number of carbonyl (C=O) groups excluding carboxylic acids is 1. The van der Waals surface area contributed by atoms with E-state index in [4.69, 9.17) is 5.73 Å². The van der Waals surface area contributed by atoms with E-state index in [-0.39, 0.29) is 0 Å². The molecule has 1 aromatic rings. The Balaban J connectivity index is 2.65. The zero-order valence-corrected chi connectivity index (χ0v) is 7.17. The van der Waals surface area contributed by atoms with Crippen LogP contribution in [0.3, 0.4) is 0 Å². The summed E-state index contributed by atoms with van der Waals surface area (Å²) >= 11 is 1.24. The van der Waals surface area contributed by atoms with Crippen molar-refractivity contribution in [2.45, 2.75) is 4.90 Å². The van der Waals surface area contributed by atoms with E-state index in [0.29, 0.717) is 4.91 Å². The van der Waals surface area contributed by atoms with Crippen molar-refractivity contribution in [2.75, 3.05) is 0 Å². The quantitative estimate of drug-likeness (QED) is 0.561. The molecule has 2 N–H and O–H groups in total. The highest BCUT2D eigenvalue weighted by atomic mass is 32.2. The molecule has 0 saturated carbocycles. The Bertz CT molecular complexity index is 297. The summed E-state index contributed by atoms with van der Waals surface area (Å²) in [5.41, 5.74) is 5.01. The second-order valence-corrected chi connectivity index (χ2v) is 3.24. The fourth-order valence-corrected chi connectivity index (χ4v) is 1.24. The van der Waals surface area contributed by atoms with E-state index in [0.717, 1.165) is 4.90 Å². The number of primary amides is 1. The minimum absolute atomic E-state index is 0.334. The van der Waals surface area contributed by atoms with Crippen LogP contribution >= 0.6 is 11.8 Å². The molecule has 0 aromatic carbocycles. The van der Waals surface area contributed by atoms with Gasteiger partial charge in [-0.15, -0.1) is 0 Å². The molecule has 62 valence electrons. The maximum atomic E-state index is 10.6. The molecule has 0 radical (unpaired) electrons. The highest BCUT2D eigenvalue weighted by Gasteiger charge is 2.02. The number of pyridine rings is 1. The van der Waals surface area contributed by atoms with Crippen molar-refractivity contribution in [3.63, 3.8) is 0 Å². The Labute approximate surface area is 74.7 Å². The average Bonchev–Trinajstić information content (AvgIpc) is 2.06. The second-order valence-electron chi connectivity index (χ2n) is 2.07. The molecule has 0 aliphatic rings. The molecule has 3 nitrogen and oxygen atoms in total. The normalized spacial score (nSPS) is 9.33. The van der Waals surface area contributed by atoms with Crippen molar-refractivity contribution >= 4 is 17.7 Å². The smallest absolute Gasteiger partial charge is 0.254 e. The lowest BCUT2D eigenvalue weighted by molar-refractivity contribution is -0.113. The molecular formula is C8H8N2OS. The van der Waals surface area contributed by atoms with Crippen LogP contribution in [0.1, 0.15) is 0 Å². The third-order valence-electron chi connectivity index (χ3n) is 1.17. The van der Waals surface area contributed by atoms with E-state index >= 15 is 0 Å². The molecule has 12 heavy (non-hydrogen) atoms. The number of aromatic nitrogens is 1. The number of carbonyl (C=O) groups is 1. The predicted molar refractivity (Wildman–Crippen MR) is 48.4 cm³/mol. The van der Waals surface area contributed by atoms with E-state index in [2.05, 4.69) is 11.6 Å². The van der Waals surface area contributed by atoms with Gasteiger partial charge in [-0.2, -0.15) is 0 Å². The maximum absolute atomic E-state index is 10.6. The minimum Gasteiger partial charge on any atom is -0.365 e. The van der Waals surface area contributed by atoms with Crippen LogP contribution in [-0.4, -0.2) is 10.9 Å². The van der Waals surface area contributed by atoms with Crippen LogP contribution in [-0.2, 0) is 4.79 Å². The van der Waals surface area contributed by atoms with Gasteiger partial charge in [0.1, 0.15) is 0 Å². The first kappa shape index (κ1) is 8.80. The van der Waals surface area contributed by atoms with Gasteiger partial charge in [0.15, 0.2) is 0 Å². The third-order valence-corrected chi connectivity index (χ3v) is 2.12. The first-order valence-electron chi connectivity index (χ1n) is 3.27. The number of nitrogens with zero attached hydrogens (tertiary/aromatic N) is 1. The largest absolute Gasteiger partial charge is 0.365 e. The molecule has 1 rings (SSSR count). The summed E-state index contributed by atoms with van der Waals surface area (Å²) in [6.07, 6.45) is 3.30. The second kappa shape index (κ2) is 3.92. The van der Waals surface area contributed by atoms with E-state index < -0.39 is 5.91 Å². The molecular weight excluding hydrogens is 172 g/mol. The fraction of sp³-hybridized carbons (Fsp3) is 0. The Kier molecular flexibility index (Phi) is 2.88. The molecule has 1 heterocycles. The van der Waals surface area contributed by atoms with Crippen LogP contribution in [0.5, 0.6) is 0 Å². The summed E-state index contributed by atoms with van der Waals surface area (Å²) in [7, 11) is 0. The molecule has 4 heteroatoms. The zero-order chi connectivity index (χ0) is 8.97. The van der Waals surface area contributed by atoms with Crippen molar-refractivity contribution in [3.05, 3.63) is 36.0 Å². The average molecular weight is 180 g/mol. The van der Waals surface area contributed by atoms with Gasteiger partial charge < -0.3 is 5.73 Å². The molecule has 1 aromatic heterocycles. The van der Waals surface area contributed by atoms with Crippen LogP contribution in [0.25, 0.3) is 0 Å². The van der Waals surface area contributed by atoms with E-state index in [1.54, 1.807) is 24.5 Å². The van der Waals surface area contributed by atoms with Gasteiger partial charge in [-0.3, -0.25) is 9.78 Å². The highest BCUT2D eigenvalue weighted by molar-refractivity contribution is 8.04. The van der Waals surface area contributed by atoms with Gasteiger partial charge in [0.2, 0.25) is 0 Å². The van der Waals surface area contributed by atoms with Crippen LogP contribution in [0.15, 0.2) is 40.9 Å². The van der Waals surface area contributed by atoms with Crippen LogP contribution in [0, 0.1) is 0 Å². The van der Waals surface area contributed by atoms with Crippen LogP contribution in [0.2, 0.25) is 0 Å². The summed E-state index contributed by atoms with van der Waals surface area (Å²) in [5, 5.41) is 0. The molecule has 0 aliphatic carbocycles. The monoisotopic (exact) mass is 180 g/mol. The molecule has 0 spiro atoms. The van der Waals surface area contributed by atoms with Gasteiger partial charge in [-0.1, -0.05) is 18.3 Å². The molecule has 0 saturated heterocycles. The van der Waals surface area contributed by atoms with E-state index in [1.165, 1.54) is 11.8 Å². The maximum Gasteiger partial charge on any atom is 0.254 e. The lowest BCUT2D eigenvalue weighted by atomic mass is 10.5. The number of hydrogen-bond donors (Lipinski definition) is 1. The van der Waals surface area contributed by atoms with Gasteiger partial charge in [0.25, 0.3) is 5.91 Å². The van der Waals surface area contributed by atoms with Gasteiger partial charge >= 0.3 is 0 Å². The number of hydrogen-bond acceptors (Lipinski definition) is 3. The van der Waals surface area contributed by atoms with Crippen molar-refractivity contribution < 1.29 is 4.79 Å². The van der Waals surface area contributed by atoms with Crippen molar-refractivity contribution in [2.24, 2.45) is 5.73 Å². The topological polar surface area (TPSA) is 56.0 Å². The summed E-state index contributed by atoms with van der Waals surface area (Å²) in [6, 6.07) is 3.58. The Morgan fingerprint density at radius 2 is 2.08 bits per heavy atom. The Hall–Kier alpha value is -1.29. The van der Waals surface area contributed by atoms with Crippen LogP contribution in [0.4, 0.5) is 0 Å². The van der Waals surface area contributed by atoms with E-state index in [1.807, 2.05) is 0 Å². The zero-order valence-electron chi connectivity index (χ0n) is 6.36. The van der Waals surface area contributed by atoms with E-state index in [9.17, 15) is 4.79 Å². The molecule has 0 bridgehead atoms. The first-order chi connectivity index (χ1) is 5.70. The summed E-state index contributed by atoms with van der Waals surface area (Å²) in [6.45, 7) is 3.52. The number of nitrogens with two attached hydrogens (primary N) is 1. The van der Waals surface area contributed by atoms with Crippen LogP contribution < -0.4 is 5.73 Å². The molecule has 0 unspecified atom stereocenters. The van der Waals surface area contributed by atoms with Crippen molar-refractivity contribution in [1.82, 2.24) is 4.98 Å². The predicted octanol–water partition coefficient (Wildman–Crippen LogP) is 1.17.